The molecular weight excluding hydrogens is 428 g/mol. The molecule has 0 unspecified atom stereocenters. The number of halogens is 1. The number of ether oxygens (including phenoxy) is 1. The van der Waals surface area contributed by atoms with Crippen molar-refractivity contribution in [2.75, 3.05) is 11.9 Å². The van der Waals surface area contributed by atoms with Crippen LogP contribution in [-0.4, -0.2) is 36.8 Å². The fourth-order valence-corrected chi connectivity index (χ4v) is 3.92. The number of nitrogens with one attached hydrogen (secondary N) is 1. The molecule has 160 valence electrons. The van der Waals surface area contributed by atoms with Gasteiger partial charge < -0.3 is 10.1 Å². The quantitative estimate of drug-likeness (QED) is 0.547. The van der Waals surface area contributed by atoms with Crippen LogP contribution in [0.25, 0.3) is 10.9 Å². The smallest absolute Gasteiger partial charge is 0.238 e. The number of fused-ring (bicyclic) bond motifs is 1. The summed E-state index contributed by atoms with van der Waals surface area (Å²) in [4.78, 5) is 12.3. The number of nitrogens with zero attached hydrogens (tertiary/aromatic N) is 2. The number of carbonyl (C=O) groups excluding carboxylic acids is 1. The highest BCUT2D eigenvalue weighted by Crippen LogP contribution is 2.26. The molecule has 0 radical (unpaired) electrons. The van der Waals surface area contributed by atoms with E-state index in [0.29, 0.717) is 34.6 Å². The van der Waals surface area contributed by atoms with Crippen molar-refractivity contribution in [2.45, 2.75) is 37.8 Å². The van der Waals surface area contributed by atoms with Gasteiger partial charge in [-0.05, 0) is 37.6 Å². The Kier molecular flexibility index (Phi) is 6.77. The molecule has 0 aliphatic rings. The molecule has 3 aromatic rings. The van der Waals surface area contributed by atoms with Crippen LogP contribution in [0.1, 0.15) is 19.4 Å². The summed E-state index contributed by atoms with van der Waals surface area (Å²) in [7, 11) is -4.03. The Labute approximate surface area is 180 Å². The lowest BCUT2D eigenvalue weighted by molar-refractivity contribution is -0.115. The molecule has 0 spiro atoms. The Hall–Kier alpha value is -2.46. The van der Waals surface area contributed by atoms with E-state index in [9.17, 15) is 13.2 Å². The summed E-state index contributed by atoms with van der Waals surface area (Å²) >= 11 is 6.10. The van der Waals surface area contributed by atoms with E-state index in [0.717, 1.165) is 0 Å². The summed E-state index contributed by atoms with van der Waals surface area (Å²) in [5.74, 6) is -0.340. The first-order chi connectivity index (χ1) is 14.1. The fraction of sp³-hybridized carbons (Fsp3) is 0.300. The van der Waals surface area contributed by atoms with E-state index in [-0.39, 0.29) is 29.0 Å². The highest BCUT2D eigenvalue weighted by molar-refractivity contribution is 7.89. The minimum atomic E-state index is -4.03. The Morgan fingerprint density at radius 3 is 2.70 bits per heavy atom. The van der Waals surface area contributed by atoms with E-state index in [4.69, 9.17) is 21.5 Å². The van der Waals surface area contributed by atoms with Gasteiger partial charge in [-0.25, -0.2) is 13.6 Å². The van der Waals surface area contributed by atoms with Crippen molar-refractivity contribution in [2.24, 2.45) is 5.14 Å². The van der Waals surface area contributed by atoms with Crippen LogP contribution >= 0.6 is 11.6 Å². The number of carbonyl (C=O) groups is 1. The second-order valence-corrected chi connectivity index (χ2v) is 9.02. The lowest BCUT2D eigenvalue weighted by Gasteiger charge is -2.08. The number of benzene rings is 2. The van der Waals surface area contributed by atoms with Crippen LogP contribution in [0, 0.1) is 0 Å². The van der Waals surface area contributed by atoms with E-state index >= 15 is 0 Å². The van der Waals surface area contributed by atoms with Crippen LogP contribution in [0.15, 0.2) is 47.5 Å². The van der Waals surface area contributed by atoms with Crippen molar-refractivity contribution in [3.05, 3.63) is 53.2 Å². The number of rotatable bonds is 8. The minimum absolute atomic E-state index is 0.0450. The summed E-state index contributed by atoms with van der Waals surface area (Å²) in [6, 6.07) is 9.95. The predicted molar refractivity (Wildman–Crippen MR) is 116 cm³/mol. The Bertz CT molecular complexity index is 1170. The van der Waals surface area contributed by atoms with Crippen molar-refractivity contribution in [3.8, 4) is 0 Å². The fourth-order valence-electron chi connectivity index (χ4n) is 2.96. The molecule has 0 fully saturated rings. The van der Waals surface area contributed by atoms with Gasteiger partial charge in [0.1, 0.15) is 0 Å². The molecule has 30 heavy (non-hydrogen) atoms. The monoisotopic (exact) mass is 450 g/mol. The average molecular weight is 451 g/mol. The van der Waals surface area contributed by atoms with Gasteiger partial charge in [0, 0.05) is 22.3 Å². The molecule has 0 aliphatic heterocycles. The van der Waals surface area contributed by atoms with Crippen molar-refractivity contribution in [3.63, 3.8) is 0 Å². The number of primary sulfonamides is 1. The molecule has 1 amide bonds. The molecule has 8 nitrogen and oxygen atoms in total. The topological polar surface area (TPSA) is 116 Å². The second kappa shape index (κ2) is 9.13. The first kappa shape index (κ1) is 22.2. The van der Waals surface area contributed by atoms with Crippen LogP contribution in [0.3, 0.4) is 0 Å². The zero-order chi connectivity index (χ0) is 21.9. The molecule has 1 aromatic heterocycles. The lowest BCUT2D eigenvalue weighted by Crippen LogP contribution is -2.16. The van der Waals surface area contributed by atoms with Gasteiger partial charge in [0.15, 0.2) is 0 Å². The normalized spacial score (nSPS) is 11.9. The zero-order valence-corrected chi connectivity index (χ0v) is 18.2. The van der Waals surface area contributed by atoms with Crippen LogP contribution in [0.4, 0.5) is 5.69 Å². The Morgan fingerprint density at radius 1 is 1.30 bits per heavy atom. The van der Waals surface area contributed by atoms with E-state index < -0.39 is 10.0 Å². The molecule has 3 N–H and O–H groups in total. The van der Waals surface area contributed by atoms with Crippen LogP contribution in [0.5, 0.6) is 0 Å². The number of anilines is 1. The molecule has 2 aromatic carbocycles. The molecule has 0 bridgehead atoms. The molecule has 10 heteroatoms. The molecule has 1 heterocycles. The maximum atomic E-state index is 12.4. The highest BCUT2D eigenvalue weighted by Gasteiger charge is 2.18. The highest BCUT2D eigenvalue weighted by atomic mass is 35.5. The van der Waals surface area contributed by atoms with Gasteiger partial charge in [-0.15, -0.1) is 0 Å². The van der Waals surface area contributed by atoms with Gasteiger partial charge in [-0.1, -0.05) is 29.8 Å². The molecule has 0 saturated heterocycles. The van der Waals surface area contributed by atoms with Gasteiger partial charge in [0.2, 0.25) is 15.9 Å². The summed E-state index contributed by atoms with van der Waals surface area (Å²) in [5, 5.41) is 13.4. The molecule has 0 saturated carbocycles. The SMILES string of the molecule is CC(C)OCCn1cc2c(S(N)(=O)=O)cc(NC(=O)Cc3ccccc3Cl)cc2n1. The number of hydrogen-bond donors (Lipinski definition) is 2. The van der Waals surface area contributed by atoms with Crippen molar-refractivity contribution in [1.82, 2.24) is 9.78 Å². The van der Waals surface area contributed by atoms with E-state index in [2.05, 4.69) is 10.4 Å². The van der Waals surface area contributed by atoms with Gasteiger partial charge in [-0.2, -0.15) is 5.10 Å². The van der Waals surface area contributed by atoms with Crippen molar-refractivity contribution >= 4 is 44.1 Å². The van der Waals surface area contributed by atoms with Crippen molar-refractivity contribution < 1.29 is 17.9 Å². The maximum absolute atomic E-state index is 12.4. The second-order valence-electron chi connectivity index (χ2n) is 7.08. The largest absolute Gasteiger partial charge is 0.377 e. The van der Waals surface area contributed by atoms with Crippen LogP contribution in [-0.2, 0) is 32.5 Å². The van der Waals surface area contributed by atoms with E-state index in [1.54, 1.807) is 41.2 Å². The standard InChI is InChI=1S/C20H23ClN4O4S/c1-13(2)29-8-7-25-12-16-18(24-25)10-15(11-19(16)30(22,27)28)23-20(26)9-14-5-3-4-6-17(14)21/h3-6,10-13H,7-9H2,1-2H3,(H,23,26)(H2,22,27,28). The van der Waals surface area contributed by atoms with Gasteiger partial charge >= 0.3 is 0 Å². The maximum Gasteiger partial charge on any atom is 0.238 e. The number of sulfonamides is 1. The number of amides is 1. The Balaban J connectivity index is 1.87. The zero-order valence-electron chi connectivity index (χ0n) is 16.6. The van der Waals surface area contributed by atoms with Gasteiger partial charge in [0.05, 0.1) is 36.1 Å². The third kappa shape index (κ3) is 5.57. The first-order valence-electron chi connectivity index (χ1n) is 9.32. The molecule has 0 atom stereocenters. The van der Waals surface area contributed by atoms with Gasteiger partial charge in [0.25, 0.3) is 0 Å². The molecular formula is C20H23ClN4O4S. The minimum Gasteiger partial charge on any atom is -0.377 e. The third-order valence-corrected chi connectivity index (χ3v) is 5.62. The summed E-state index contributed by atoms with van der Waals surface area (Å²) < 4.78 is 31.3. The summed E-state index contributed by atoms with van der Waals surface area (Å²) in [5.41, 5.74) is 1.35. The van der Waals surface area contributed by atoms with E-state index in [1.165, 1.54) is 6.07 Å². The van der Waals surface area contributed by atoms with Gasteiger partial charge in [-0.3, -0.25) is 9.48 Å². The van der Waals surface area contributed by atoms with Crippen molar-refractivity contribution in [1.29, 1.82) is 0 Å². The number of nitrogens with two attached hydrogens (primary N) is 1. The number of hydrogen-bond acceptors (Lipinski definition) is 5. The predicted octanol–water partition coefficient (Wildman–Crippen LogP) is 2.94. The summed E-state index contributed by atoms with van der Waals surface area (Å²) in [6.45, 7) is 4.73. The third-order valence-electron chi connectivity index (χ3n) is 4.31. The van der Waals surface area contributed by atoms with Crippen LogP contribution < -0.4 is 10.5 Å². The first-order valence-corrected chi connectivity index (χ1v) is 11.2. The molecule has 0 aliphatic carbocycles. The average Bonchev–Trinajstić information content (AvgIpc) is 3.04. The number of aromatic nitrogens is 2. The summed E-state index contributed by atoms with van der Waals surface area (Å²) in [6.07, 6.45) is 1.73. The van der Waals surface area contributed by atoms with E-state index in [1.807, 2.05) is 13.8 Å². The lowest BCUT2D eigenvalue weighted by atomic mass is 10.1. The molecule has 3 rings (SSSR count). The van der Waals surface area contributed by atoms with Crippen LogP contribution in [0.2, 0.25) is 5.02 Å². The Morgan fingerprint density at radius 2 is 2.03 bits per heavy atom.